The number of rotatable bonds is 8. The molecule has 1 atom stereocenters. The largest absolute Gasteiger partial charge is 0.444 e. The Morgan fingerprint density at radius 2 is 1.93 bits per heavy atom. The molecule has 1 aromatic carbocycles. The molecular formula is C20H25N3O4S. The van der Waals surface area contributed by atoms with E-state index < -0.39 is 23.6 Å². The first-order valence-corrected chi connectivity index (χ1v) is 9.69. The molecular weight excluding hydrogens is 378 g/mol. The SMILES string of the molecule is CC(C)(C)OC(=O)N[C@@H](COCc1ccccc1)C(=O)N/N=C\c1cccs1. The van der Waals surface area contributed by atoms with Gasteiger partial charge in [-0.3, -0.25) is 4.79 Å². The van der Waals surface area contributed by atoms with E-state index in [-0.39, 0.29) is 6.61 Å². The fourth-order valence-electron chi connectivity index (χ4n) is 2.10. The lowest BCUT2D eigenvalue weighted by molar-refractivity contribution is -0.124. The minimum atomic E-state index is -0.945. The molecule has 0 fully saturated rings. The minimum Gasteiger partial charge on any atom is -0.444 e. The third-order valence-electron chi connectivity index (χ3n) is 3.31. The van der Waals surface area contributed by atoms with Crippen molar-refractivity contribution in [1.29, 1.82) is 0 Å². The molecule has 0 unspecified atom stereocenters. The van der Waals surface area contributed by atoms with Crippen LogP contribution in [-0.2, 0) is 20.9 Å². The van der Waals surface area contributed by atoms with E-state index in [9.17, 15) is 9.59 Å². The van der Waals surface area contributed by atoms with Crippen LogP contribution in [0, 0.1) is 0 Å². The van der Waals surface area contributed by atoms with Crippen molar-refractivity contribution in [3.05, 3.63) is 58.3 Å². The number of hydrazone groups is 1. The van der Waals surface area contributed by atoms with E-state index in [0.29, 0.717) is 6.61 Å². The van der Waals surface area contributed by atoms with Crippen LogP contribution in [0.15, 0.2) is 52.9 Å². The molecule has 0 saturated carbocycles. The molecule has 0 aliphatic heterocycles. The highest BCUT2D eigenvalue weighted by atomic mass is 32.1. The lowest BCUT2D eigenvalue weighted by Crippen LogP contribution is -2.49. The van der Waals surface area contributed by atoms with Crippen molar-refractivity contribution < 1.29 is 19.1 Å². The van der Waals surface area contributed by atoms with E-state index in [2.05, 4.69) is 15.8 Å². The number of alkyl carbamates (subject to hydrolysis) is 1. The van der Waals surface area contributed by atoms with Crippen LogP contribution in [0.25, 0.3) is 0 Å². The summed E-state index contributed by atoms with van der Waals surface area (Å²) in [5.41, 5.74) is 2.72. The summed E-state index contributed by atoms with van der Waals surface area (Å²) in [6.45, 7) is 5.55. The molecule has 0 aliphatic carbocycles. The van der Waals surface area contributed by atoms with E-state index in [0.717, 1.165) is 10.4 Å². The average molecular weight is 404 g/mol. The second-order valence-electron chi connectivity index (χ2n) is 6.95. The molecule has 0 bridgehead atoms. The van der Waals surface area contributed by atoms with Gasteiger partial charge in [-0.25, -0.2) is 10.2 Å². The van der Waals surface area contributed by atoms with Crippen LogP contribution in [0.2, 0.25) is 0 Å². The molecule has 0 saturated heterocycles. The number of amides is 2. The van der Waals surface area contributed by atoms with Gasteiger partial charge in [0.05, 0.1) is 19.4 Å². The number of nitrogens with zero attached hydrogens (tertiary/aromatic N) is 1. The molecule has 7 nitrogen and oxygen atoms in total. The Hall–Kier alpha value is -2.71. The quantitative estimate of drug-likeness (QED) is 0.523. The van der Waals surface area contributed by atoms with Crippen LogP contribution in [0.5, 0.6) is 0 Å². The lowest BCUT2D eigenvalue weighted by atomic mass is 10.2. The molecule has 0 aliphatic rings. The second-order valence-corrected chi connectivity index (χ2v) is 7.93. The number of hydrogen-bond acceptors (Lipinski definition) is 6. The van der Waals surface area contributed by atoms with E-state index >= 15 is 0 Å². The summed E-state index contributed by atoms with van der Waals surface area (Å²) in [7, 11) is 0. The van der Waals surface area contributed by atoms with E-state index in [1.165, 1.54) is 17.6 Å². The van der Waals surface area contributed by atoms with Crippen LogP contribution in [-0.4, -0.2) is 36.5 Å². The monoisotopic (exact) mass is 403 g/mol. The molecule has 1 heterocycles. The Labute approximate surface area is 168 Å². The van der Waals surface area contributed by atoms with E-state index in [1.807, 2.05) is 47.8 Å². The number of carbonyl (C=O) groups is 2. The van der Waals surface area contributed by atoms with Gasteiger partial charge in [0.2, 0.25) is 0 Å². The first-order valence-electron chi connectivity index (χ1n) is 8.81. The highest BCUT2D eigenvalue weighted by Gasteiger charge is 2.24. The van der Waals surface area contributed by atoms with Crippen LogP contribution in [0.1, 0.15) is 31.2 Å². The number of thiophene rings is 1. The van der Waals surface area contributed by atoms with E-state index in [4.69, 9.17) is 9.47 Å². The van der Waals surface area contributed by atoms with Gasteiger partial charge in [-0.1, -0.05) is 36.4 Å². The Morgan fingerprint density at radius 3 is 2.57 bits per heavy atom. The Bertz CT molecular complexity index is 771. The molecule has 2 rings (SSSR count). The van der Waals surface area contributed by atoms with Gasteiger partial charge in [0.25, 0.3) is 5.91 Å². The molecule has 2 N–H and O–H groups in total. The summed E-state index contributed by atoms with van der Waals surface area (Å²) >= 11 is 1.50. The Balaban J connectivity index is 1.93. The fraction of sp³-hybridized carbons (Fsp3) is 0.350. The number of benzene rings is 1. The molecule has 0 radical (unpaired) electrons. The van der Waals surface area contributed by atoms with Crippen molar-refractivity contribution >= 4 is 29.6 Å². The highest BCUT2D eigenvalue weighted by Crippen LogP contribution is 2.08. The van der Waals surface area contributed by atoms with Gasteiger partial charge in [-0.15, -0.1) is 11.3 Å². The maximum atomic E-state index is 12.4. The topological polar surface area (TPSA) is 89.0 Å². The predicted octanol–water partition coefficient (Wildman–Crippen LogP) is 3.31. The van der Waals surface area contributed by atoms with Gasteiger partial charge in [0, 0.05) is 4.88 Å². The lowest BCUT2D eigenvalue weighted by Gasteiger charge is -2.22. The summed E-state index contributed by atoms with van der Waals surface area (Å²) in [4.78, 5) is 25.4. The van der Waals surface area contributed by atoms with Crippen molar-refractivity contribution in [1.82, 2.24) is 10.7 Å². The number of nitrogens with one attached hydrogen (secondary N) is 2. The fourth-order valence-corrected chi connectivity index (χ4v) is 2.69. The minimum absolute atomic E-state index is 0.0194. The summed E-state index contributed by atoms with van der Waals surface area (Å²) < 4.78 is 10.8. The van der Waals surface area contributed by atoms with Gasteiger partial charge in [-0.05, 0) is 37.8 Å². The zero-order valence-electron chi connectivity index (χ0n) is 16.2. The Kier molecular flexibility index (Phi) is 8.16. The number of hydrogen-bond donors (Lipinski definition) is 2. The van der Waals surface area contributed by atoms with E-state index in [1.54, 1.807) is 20.8 Å². The molecule has 2 aromatic rings. The number of carbonyl (C=O) groups excluding carboxylic acids is 2. The zero-order valence-corrected chi connectivity index (χ0v) is 17.0. The van der Waals surface area contributed by atoms with Crippen molar-refractivity contribution in [2.75, 3.05) is 6.61 Å². The van der Waals surface area contributed by atoms with Crippen molar-refractivity contribution in [3.63, 3.8) is 0 Å². The summed E-state index contributed by atoms with van der Waals surface area (Å²) in [5.74, 6) is -0.494. The molecule has 0 spiro atoms. The van der Waals surface area contributed by atoms with Crippen molar-refractivity contribution in [3.8, 4) is 0 Å². The molecule has 28 heavy (non-hydrogen) atoms. The zero-order chi connectivity index (χ0) is 20.4. The first-order chi connectivity index (χ1) is 13.3. The maximum Gasteiger partial charge on any atom is 0.408 e. The van der Waals surface area contributed by atoms with Crippen LogP contribution in [0.4, 0.5) is 4.79 Å². The van der Waals surface area contributed by atoms with Gasteiger partial charge < -0.3 is 14.8 Å². The van der Waals surface area contributed by atoms with Gasteiger partial charge in [0.1, 0.15) is 11.6 Å². The van der Waals surface area contributed by atoms with Crippen molar-refractivity contribution in [2.24, 2.45) is 5.10 Å². The second kappa shape index (κ2) is 10.6. The molecule has 150 valence electrons. The van der Waals surface area contributed by atoms with Crippen LogP contribution >= 0.6 is 11.3 Å². The molecule has 1 aromatic heterocycles. The third-order valence-corrected chi connectivity index (χ3v) is 4.12. The average Bonchev–Trinajstić information content (AvgIpc) is 3.13. The normalized spacial score (nSPS) is 12.5. The standard InChI is InChI=1S/C20H25N3O4S/c1-20(2,3)27-19(25)22-17(14-26-13-15-8-5-4-6-9-15)18(24)23-21-12-16-10-7-11-28-16/h4-12,17H,13-14H2,1-3H3,(H,22,25)(H,23,24)/b21-12-/t17-/m0/s1. The number of ether oxygens (including phenoxy) is 2. The molecule has 2 amide bonds. The Morgan fingerprint density at radius 1 is 1.18 bits per heavy atom. The first kappa shape index (κ1) is 21.6. The highest BCUT2D eigenvalue weighted by molar-refractivity contribution is 7.11. The summed E-state index contributed by atoms with van der Waals surface area (Å²) in [6, 6.07) is 12.4. The van der Waals surface area contributed by atoms with Crippen LogP contribution < -0.4 is 10.7 Å². The van der Waals surface area contributed by atoms with Gasteiger partial charge in [0.15, 0.2) is 0 Å². The molecule has 8 heteroatoms. The smallest absolute Gasteiger partial charge is 0.408 e. The van der Waals surface area contributed by atoms with Gasteiger partial charge in [-0.2, -0.15) is 5.10 Å². The summed E-state index contributed by atoms with van der Waals surface area (Å²) in [5, 5.41) is 8.36. The maximum absolute atomic E-state index is 12.4. The van der Waals surface area contributed by atoms with Crippen LogP contribution in [0.3, 0.4) is 0 Å². The summed E-state index contributed by atoms with van der Waals surface area (Å²) in [6.07, 6.45) is 0.843. The van der Waals surface area contributed by atoms with Crippen molar-refractivity contribution in [2.45, 2.75) is 39.0 Å². The van der Waals surface area contributed by atoms with Gasteiger partial charge >= 0.3 is 6.09 Å². The predicted molar refractivity (Wildman–Crippen MR) is 109 cm³/mol. The third kappa shape index (κ3) is 8.32.